The van der Waals surface area contributed by atoms with Crippen molar-refractivity contribution in [2.45, 2.75) is 19.3 Å². The van der Waals surface area contributed by atoms with Crippen LogP contribution in [0.1, 0.15) is 29.7 Å². The van der Waals surface area contributed by atoms with Gasteiger partial charge in [0.05, 0.1) is 11.1 Å². The monoisotopic (exact) mass is 549 g/mol. The minimum atomic E-state index is -0.211. The zero-order valence-corrected chi connectivity index (χ0v) is 22.2. The molecule has 0 amide bonds. The maximum Gasteiger partial charge on any atom is 0.271 e. The Morgan fingerprint density at radius 3 is 2.28 bits per heavy atom. The molecule has 0 radical (unpaired) electrons. The largest absolute Gasteiger partial charge is 0.271 e. The second-order valence-corrected chi connectivity index (χ2v) is 10.5. The first-order chi connectivity index (χ1) is 19.1. The lowest BCUT2D eigenvalue weighted by Crippen LogP contribution is -2.19. The van der Waals surface area contributed by atoms with E-state index in [9.17, 15) is 4.79 Å². The van der Waals surface area contributed by atoms with E-state index in [1.54, 1.807) is 4.40 Å². The number of halogens is 2. The molecule has 0 aliphatic heterocycles. The minimum Gasteiger partial charge on any atom is -0.268 e. The fraction of sp³-hybridized carbons (Fsp3) is 0.0968. The van der Waals surface area contributed by atoms with Gasteiger partial charge in [-0.2, -0.15) is 10.1 Å². The standard InChI is InChI=1S/C31H21Cl2N5O/c32-22-13-9-18(10-14-22)17-21-7-4-8-24-25(19-11-15-23(33)16-12-19)26-28(34-27(21)24)35-31-37-36-29(38(31)30(26)39)20-5-2-1-3-6-20/h1-3,5-6,9-17H,4,7-8H2,(H,34,35,37)/b21-17+. The number of pyridine rings is 1. The molecular weight excluding hydrogens is 529 g/mol. The fourth-order valence-corrected chi connectivity index (χ4v) is 5.63. The average Bonchev–Trinajstić information content (AvgIpc) is 3.39. The zero-order valence-electron chi connectivity index (χ0n) is 20.7. The molecule has 3 aromatic carbocycles. The Morgan fingerprint density at radius 2 is 1.54 bits per heavy atom. The Kier molecular flexibility index (Phi) is 5.80. The molecule has 1 N–H and O–H groups in total. The number of nitrogens with zero attached hydrogens (tertiary/aromatic N) is 4. The number of hydrogen-bond donors (Lipinski definition) is 1. The number of aromatic nitrogens is 5. The first-order valence-corrected chi connectivity index (χ1v) is 13.4. The zero-order chi connectivity index (χ0) is 26.5. The van der Waals surface area contributed by atoms with Gasteiger partial charge in [-0.25, -0.2) is 14.5 Å². The lowest BCUT2D eigenvalue weighted by Gasteiger charge is -2.23. The predicted octanol–water partition coefficient (Wildman–Crippen LogP) is 7.48. The Morgan fingerprint density at radius 1 is 0.821 bits per heavy atom. The Bertz CT molecular complexity index is 1960. The summed E-state index contributed by atoms with van der Waals surface area (Å²) in [4.78, 5) is 24.1. The number of aromatic amines is 1. The Labute approximate surface area is 233 Å². The molecule has 0 bridgehead atoms. The minimum absolute atomic E-state index is 0.211. The van der Waals surface area contributed by atoms with Crippen molar-refractivity contribution in [3.05, 3.63) is 116 Å². The average molecular weight is 550 g/mol. The second kappa shape index (κ2) is 9.49. The van der Waals surface area contributed by atoms with Crippen LogP contribution in [0.15, 0.2) is 83.7 Å². The highest BCUT2D eigenvalue weighted by atomic mass is 35.5. The third-order valence-electron chi connectivity index (χ3n) is 7.15. The summed E-state index contributed by atoms with van der Waals surface area (Å²) in [6, 6.07) is 25.0. The van der Waals surface area contributed by atoms with Crippen LogP contribution in [0, 0.1) is 0 Å². The maximum absolute atomic E-state index is 14.3. The molecule has 0 saturated heterocycles. The van der Waals surface area contributed by atoms with Gasteiger partial charge in [-0.1, -0.05) is 77.8 Å². The number of nitrogens with one attached hydrogen (secondary N) is 1. The molecule has 0 saturated carbocycles. The molecule has 7 rings (SSSR count). The molecule has 190 valence electrons. The summed E-state index contributed by atoms with van der Waals surface area (Å²) in [7, 11) is 0. The molecule has 1 aliphatic rings. The normalized spacial score (nSPS) is 14.3. The van der Waals surface area contributed by atoms with E-state index >= 15 is 0 Å². The summed E-state index contributed by atoms with van der Waals surface area (Å²) in [5.74, 6) is 0.855. The van der Waals surface area contributed by atoms with Gasteiger partial charge in [-0.05, 0) is 71.9 Å². The topological polar surface area (TPSA) is 75.9 Å². The highest BCUT2D eigenvalue weighted by Crippen LogP contribution is 2.40. The van der Waals surface area contributed by atoms with Crippen molar-refractivity contribution in [1.29, 1.82) is 0 Å². The number of fused-ring (bicyclic) bond motifs is 3. The molecule has 6 aromatic rings. The van der Waals surface area contributed by atoms with E-state index in [0.717, 1.165) is 58.3 Å². The summed E-state index contributed by atoms with van der Waals surface area (Å²) in [5, 5.41) is 9.18. The van der Waals surface area contributed by atoms with Gasteiger partial charge in [0, 0.05) is 21.2 Å². The molecule has 3 heterocycles. The number of benzene rings is 3. The van der Waals surface area contributed by atoms with Gasteiger partial charge in [0.2, 0.25) is 5.78 Å². The van der Waals surface area contributed by atoms with E-state index < -0.39 is 0 Å². The smallest absolute Gasteiger partial charge is 0.268 e. The molecular formula is C31H21Cl2N5O. The second-order valence-electron chi connectivity index (χ2n) is 9.58. The molecule has 39 heavy (non-hydrogen) atoms. The van der Waals surface area contributed by atoms with Gasteiger partial charge >= 0.3 is 0 Å². The van der Waals surface area contributed by atoms with E-state index in [2.05, 4.69) is 16.3 Å². The van der Waals surface area contributed by atoms with Crippen molar-refractivity contribution in [1.82, 2.24) is 24.6 Å². The molecule has 1 aliphatic carbocycles. The number of allylic oxidation sites excluding steroid dienone is 1. The van der Waals surface area contributed by atoms with Gasteiger partial charge in [-0.3, -0.25) is 4.79 Å². The quantitative estimate of drug-likeness (QED) is 0.248. The Hall–Kier alpha value is -4.26. The van der Waals surface area contributed by atoms with Crippen molar-refractivity contribution in [2.75, 3.05) is 0 Å². The highest BCUT2D eigenvalue weighted by Gasteiger charge is 2.26. The van der Waals surface area contributed by atoms with Crippen LogP contribution in [-0.4, -0.2) is 24.6 Å². The van der Waals surface area contributed by atoms with Crippen molar-refractivity contribution in [3.8, 4) is 22.5 Å². The number of rotatable bonds is 3. The number of hydrogen-bond acceptors (Lipinski definition) is 4. The van der Waals surface area contributed by atoms with Crippen LogP contribution in [0.5, 0.6) is 0 Å². The van der Waals surface area contributed by atoms with E-state index in [-0.39, 0.29) is 5.56 Å². The SMILES string of the molecule is O=c1c2c(-c3ccc(Cl)cc3)c3c(nc2nc2[nH]nc(-c4ccccc4)n12)/C(=C/c1ccc(Cl)cc1)CCC3. The van der Waals surface area contributed by atoms with Gasteiger partial charge in [0.25, 0.3) is 5.56 Å². The summed E-state index contributed by atoms with van der Waals surface area (Å²) in [6.07, 6.45) is 4.76. The van der Waals surface area contributed by atoms with Gasteiger partial charge < -0.3 is 0 Å². The predicted molar refractivity (Wildman–Crippen MR) is 157 cm³/mol. The van der Waals surface area contributed by atoms with Crippen molar-refractivity contribution >= 4 is 51.7 Å². The summed E-state index contributed by atoms with van der Waals surface area (Å²) < 4.78 is 1.54. The summed E-state index contributed by atoms with van der Waals surface area (Å²) >= 11 is 12.4. The first kappa shape index (κ1) is 23.8. The molecule has 8 heteroatoms. The molecule has 0 atom stereocenters. The third-order valence-corrected chi connectivity index (χ3v) is 7.65. The lowest BCUT2D eigenvalue weighted by molar-refractivity contribution is 0.815. The fourth-order valence-electron chi connectivity index (χ4n) is 5.38. The van der Waals surface area contributed by atoms with Crippen molar-refractivity contribution in [3.63, 3.8) is 0 Å². The van der Waals surface area contributed by atoms with E-state index in [4.69, 9.17) is 33.2 Å². The summed E-state index contributed by atoms with van der Waals surface area (Å²) in [6.45, 7) is 0. The van der Waals surface area contributed by atoms with Crippen molar-refractivity contribution < 1.29 is 0 Å². The van der Waals surface area contributed by atoms with Gasteiger partial charge in [-0.15, -0.1) is 0 Å². The maximum atomic E-state index is 14.3. The number of H-pyrrole nitrogens is 1. The van der Waals surface area contributed by atoms with Gasteiger partial charge in [0.1, 0.15) is 0 Å². The van der Waals surface area contributed by atoms with E-state index in [1.165, 1.54) is 0 Å². The van der Waals surface area contributed by atoms with Crippen LogP contribution in [0.25, 0.3) is 51.0 Å². The van der Waals surface area contributed by atoms with Crippen LogP contribution >= 0.6 is 23.2 Å². The van der Waals surface area contributed by atoms with E-state index in [0.29, 0.717) is 32.7 Å². The van der Waals surface area contributed by atoms with Crippen LogP contribution in [-0.2, 0) is 6.42 Å². The molecule has 0 fully saturated rings. The van der Waals surface area contributed by atoms with Crippen molar-refractivity contribution in [2.24, 2.45) is 0 Å². The van der Waals surface area contributed by atoms with Crippen LogP contribution in [0.3, 0.4) is 0 Å². The third kappa shape index (κ3) is 4.13. The Balaban J connectivity index is 1.56. The molecule has 6 nitrogen and oxygen atoms in total. The van der Waals surface area contributed by atoms with Crippen LogP contribution in [0.4, 0.5) is 0 Å². The van der Waals surface area contributed by atoms with E-state index in [1.807, 2.05) is 78.9 Å². The summed E-state index contributed by atoms with van der Waals surface area (Å²) in [5.41, 5.74) is 6.80. The lowest BCUT2D eigenvalue weighted by atomic mass is 9.84. The first-order valence-electron chi connectivity index (χ1n) is 12.7. The highest BCUT2D eigenvalue weighted by molar-refractivity contribution is 6.31. The van der Waals surface area contributed by atoms with Crippen LogP contribution < -0.4 is 5.56 Å². The molecule has 0 spiro atoms. The molecule has 0 unspecified atom stereocenters. The van der Waals surface area contributed by atoms with Crippen LogP contribution in [0.2, 0.25) is 10.0 Å². The molecule has 3 aromatic heterocycles. The van der Waals surface area contributed by atoms with Gasteiger partial charge in [0.15, 0.2) is 11.5 Å².